The highest BCUT2D eigenvalue weighted by Crippen LogP contribution is 2.25. The van der Waals surface area contributed by atoms with Gasteiger partial charge < -0.3 is 9.88 Å². The van der Waals surface area contributed by atoms with Gasteiger partial charge in [-0.2, -0.15) is 0 Å². The molecule has 0 unspecified atom stereocenters. The molecular weight excluding hydrogens is 306 g/mol. The lowest BCUT2D eigenvalue weighted by molar-refractivity contribution is 0.572. The molecule has 3 nitrogen and oxygen atoms in total. The Morgan fingerprint density at radius 2 is 1.84 bits per heavy atom. The number of imidazole rings is 1. The molecule has 128 valence electrons. The Morgan fingerprint density at radius 3 is 2.60 bits per heavy atom. The zero-order valence-corrected chi connectivity index (χ0v) is 14.8. The standard InChI is InChI=1S/C22H25N3/c1-17(20-9-8-19-4-2-3-5-21(19)14-20)24-15-18-6-10-22(11-7-18)25-13-12-23-16-25/h6-14,16-17,24H,2-5,15H2,1H3/t17-/m1/s1. The molecule has 0 saturated carbocycles. The predicted molar refractivity (Wildman–Crippen MR) is 102 cm³/mol. The first-order valence-corrected chi connectivity index (χ1v) is 9.22. The van der Waals surface area contributed by atoms with E-state index in [0.717, 1.165) is 12.2 Å². The summed E-state index contributed by atoms with van der Waals surface area (Å²) in [4.78, 5) is 4.10. The molecule has 0 spiro atoms. The molecular formula is C22H25N3. The highest BCUT2D eigenvalue weighted by atomic mass is 15.0. The molecule has 0 amide bonds. The molecule has 1 atom stereocenters. The summed E-state index contributed by atoms with van der Waals surface area (Å²) in [7, 11) is 0. The molecule has 25 heavy (non-hydrogen) atoms. The van der Waals surface area contributed by atoms with Crippen molar-refractivity contribution >= 4 is 0 Å². The molecule has 2 aromatic carbocycles. The number of rotatable bonds is 5. The summed E-state index contributed by atoms with van der Waals surface area (Å²) in [5, 5.41) is 3.66. The Bertz CT molecular complexity index is 819. The molecule has 1 aliphatic carbocycles. The van der Waals surface area contributed by atoms with Gasteiger partial charge in [0.15, 0.2) is 0 Å². The van der Waals surface area contributed by atoms with Crippen LogP contribution in [0.1, 0.15) is 48.1 Å². The summed E-state index contributed by atoms with van der Waals surface area (Å²) in [6.45, 7) is 3.13. The van der Waals surface area contributed by atoms with Crippen molar-refractivity contribution in [2.75, 3.05) is 0 Å². The first-order valence-electron chi connectivity index (χ1n) is 9.22. The molecule has 1 aromatic heterocycles. The number of aryl methyl sites for hydroxylation is 2. The van der Waals surface area contributed by atoms with Crippen molar-refractivity contribution in [1.29, 1.82) is 0 Å². The van der Waals surface area contributed by atoms with E-state index >= 15 is 0 Å². The van der Waals surface area contributed by atoms with Gasteiger partial charge in [0.1, 0.15) is 0 Å². The van der Waals surface area contributed by atoms with Crippen molar-refractivity contribution in [3.63, 3.8) is 0 Å². The van der Waals surface area contributed by atoms with Crippen LogP contribution in [0, 0.1) is 0 Å². The lowest BCUT2D eigenvalue weighted by atomic mass is 9.89. The first-order chi connectivity index (χ1) is 12.3. The second-order valence-corrected chi connectivity index (χ2v) is 6.97. The minimum atomic E-state index is 0.362. The molecule has 4 rings (SSSR count). The second-order valence-electron chi connectivity index (χ2n) is 6.97. The number of hydrogen-bond donors (Lipinski definition) is 1. The second kappa shape index (κ2) is 7.24. The van der Waals surface area contributed by atoms with E-state index in [1.165, 1.54) is 36.8 Å². The van der Waals surface area contributed by atoms with Crippen LogP contribution in [0.4, 0.5) is 0 Å². The van der Waals surface area contributed by atoms with Crippen LogP contribution in [-0.4, -0.2) is 9.55 Å². The number of nitrogens with one attached hydrogen (secondary N) is 1. The fourth-order valence-corrected chi connectivity index (χ4v) is 3.61. The van der Waals surface area contributed by atoms with E-state index < -0.39 is 0 Å². The maximum absolute atomic E-state index is 4.10. The summed E-state index contributed by atoms with van der Waals surface area (Å²) in [5.74, 6) is 0. The van der Waals surface area contributed by atoms with Gasteiger partial charge in [-0.15, -0.1) is 0 Å². The quantitative estimate of drug-likeness (QED) is 0.740. The van der Waals surface area contributed by atoms with Crippen LogP contribution in [0.5, 0.6) is 0 Å². The molecule has 0 bridgehead atoms. The highest BCUT2D eigenvalue weighted by Gasteiger charge is 2.12. The Labute approximate surface area is 149 Å². The van der Waals surface area contributed by atoms with E-state index in [9.17, 15) is 0 Å². The third kappa shape index (κ3) is 3.67. The van der Waals surface area contributed by atoms with Gasteiger partial charge >= 0.3 is 0 Å². The van der Waals surface area contributed by atoms with Gasteiger partial charge in [-0.1, -0.05) is 30.3 Å². The Kier molecular flexibility index (Phi) is 4.66. The van der Waals surface area contributed by atoms with Gasteiger partial charge in [-0.25, -0.2) is 4.98 Å². The number of benzene rings is 2. The Morgan fingerprint density at radius 1 is 1.04 bits per heavy atom. The van der Waals surface area contributed by atoms with Crippen LogP contribution in [0.2, 0.25) is 0 Å². The number of fused-ring (bicyclic) bond motifs is 1. The normalized spacial score (nSPS) is 14.9. The fraction of sp³-hybridized carbons (Fsp3) is 0.318. The summed E-state index contributed by atoms with van der Waals surface area (Å²) in [6.07, 6.45) is 10.8. The molecule has 3 aromatic rings. The highest BCUT2D eigenvalue weighted by molar-refractivity contribution is 5.36. The lowest BCUT2D eigenvalue weighted by Gasteiger charge is -2.20. The molecule has 1 heterocycles. The largest absolute Gasteiger partial charge is 0.306 e. The topological polar surface area (TPSA) is 29.9 Å². The average molecular weight is 331 g/mol. The average Bonchev–Trinajstić information content (AvgIpc) is 3.21. The molecule has 0 fully saturated rings. The third-order valence-corrected chi connectivity index (χ3v) is 5.22. The Hall–Kier alpha value is -2.39. The van der Waals surface area contributed by atoms with Gasteiger partial charge in [0, 0.05) is 30.7 Å². The van der Waals surface area contributed by atoms with Crippen molar-refractivity contribution in [2.45, 2.75) is 45.2 Å². The van der Waals surface area contributed by atoms with E-state index in [1.54, 1.807) is 17.3 Å². The maximum Gasteiger partial charge on any atom is 0.0991 e. The Balaban J connectivity index is 1.39. The zero-order chi connectivity index (χ0) is 17.1. The smallest absolute Gasteiger partial charge is 0.0991 e. The minimum Gasteiger partial charge on any atom is -0.306 e. The van der Waals surface area contributed by atoms with Crippen LogP contribution in [0.15, 0.2) is 61.2 Å². The van der Waals surface area contributed by atoms with Crippen molar-refractivity contribution in [3.8, 4) is 5.69 Å². The summed E-state index contributed by atoms with van der Waals surface area (Å²) in [5.41, 5.74) is 6.95. The van der Waals surface area contributed by atoms with Gasteiger partial charge in [-0.3, -0.25) is 0 Å². The van der Waals surface area contributed by atoms with Crippen molar-refractivity contribution in [1.82, 2.24) is 14.9 Å². The fourth-order valence-electron chi connectivity index (χ4n) is 3.61. The SMILES string of the molecule is C[C@@H](NCc1ccc(-n2ccnc2)cc1)c1ccc2c(c1)CCCC2. The van der Waals surface area contributed by atoms with Crippen molar-refractivity contribution in [2.24, 2.45) is 0 Å². The van der Waals surface area contributed by atoms with Crippen LogP contribution >= 0.6 is 0 Å². The van der Waals surface area contributed by atoms with Crippen LogP contribution in [0.3, 0.4) is 0 Å². The molecule has 1 N–H and O–H groups in total. The van der Waals surface area contributed by atoms with Gasteiger partial charge in [0.25, 0.3) is 0 Å². The summed E-state index contributed by atoms with van der Waals surface area (Å²) in [6, 6.07) is 16.1. The first kappa shape index (κ1) is 16.1. The summed E-state index contributed by atoms with van der Waals surface area (Å²) >= 11 is 0. The van der Waals surface area contributed by atoms with Gasteiger partial charge in [0.05, 0.1) is 6.33 Å². The van der Waals surface area contributed by atoms with Crippen LogP contribution < -0.4 is 5.32 Å². The zero-order valence-electron chi connectivity index (χ0n) is 14.8. The monoisotopic (exact) mass is 331 g/mol. The number of aromatic nitrogens is 2. The molecule has 1 aliphatic rings. The van der Waals surface area contributed by atoms with Crippen molar-refractivity contribution in [3.05, 3.63) is 83.4 Å². The number of nitrogens with zero attached hydrogens (tertiary/aromatic N) is 2. The number of hydrogen-bond acceptors (Lipinski definition) is 2. The van der Waals surface area contributed by atoms with Crippen LogP contribution in [-0.2, 0) is 19.4 Å². The molecule has 0 saturated heterocycles. The molecule has 0 aliphatic heterocycles. The molecule has 3 heteroatoms. The molecule has 0 radical (unpaired) electrons. The van der Waals surface area contributed by atoms with Gasteiger partial charge in [-0.05, 0) is 67.0 Å². The minimum absolute atomic E-state index is 0.362. The van der Waals surface area contributed by atoms with Gasteiger partial charge in [0.2, 0.25) is 0 Å². The third-order valence-electron chi connectivity index (χ3n) is 5.22. The van der Waals surface area contributed by atoms with E-state index in [1.807, 2.05) is 17.1 Å². The van der Waals surface area contributed by atoms with Crippen molar-refractivity contribution < 1.29 is 0 Å². The van der Waals surface area contributed by atoms with E-state index in [0.29, 0.717) is 6.04 Å². The maximum atomic E-state index is 4.10. The van der Waals surface area contributed by atoms with Crippen LogP contribution in [0.25, 0.3) is 5.69 Å². The van der Waals surface area contributed by atoms with E-state index in [2.05, 4.69) is 59.7 Å². The van der Waals surface area contributed by atoms with E-state index in [-0.39, 0.29) is 0 Å². The van der Waals surface area contributed by atoms with E-state index in [4.69, 9.17) is 0 Å². The predicted octanol–water partition coefficient (Wildman–Crippen LogP) is 4.60. The lowest BCUT2D eigenvalue weighted by Crippen LogP contribution is -2.18. The summed E-state index contributed by atoms with van der Waals surface area (Å²) < 4.78 is 2.02.